The number of Topliss-reactive ketones (excluding diaryl/α,β-unsaturated/α-hetero) is 2. The number of benzene rings is 1. The van der Waals surface area contributed by atoms with Gasteiger partial charge in [-0.3, -0.25) is 24.1 Å². The number of carboxylic acids is 2. The average Bonchev–Trinajstić information content (AvgIpc) is 2.85. The van der Waals surface area contributed by atoms with Crippen LogP contribution in [0.15, 0.2) is 29.0 Å². The highest BCUT2D eigenvalue weighted by Gasteiger charge is 2.66. The van der Waals surface area contributed by atoms with Crippen molar-refractivity contribution in [2.45, 2.75) is 43.1 Å². The molecule has 42 heavy (non-hydrogen) atoms. The number of hydrogen-bond acceptors (Lipinski definition) is 12. The van der Waals surface area contributed by atoms with E-state index in [2.05, 4.69) is 0 Å². The van der Waals surface area contributed by atoms with Gasteiger partial charge in [-0.25, -0.2) is 4.79 Å². The number of nitrogens with zero attached hydrogens (tertiary/aromatic N) is 1. The second-order valence-electron chi connectivity index (χ2n) is 10.5. The van der Waals surface area contributed by atoms with Crippen LogP contribution in [0.3, 0.4) is 0 Å². The SMILES string of the molecule is CN(C)[C@@H]1C(=O)C(C(N)=O)=C(O)[C@@]2(O)C(=O)C3=C(O)c4c(O)ccc(Cl)c4[C@@](C)(O)[C@H]3C[C@@H]12.O=C(O)CC(O)C(=O)O. The maximum Gasteiger partial charge on any atom is 0.333 e. The van der Waals surface area contributed by atoms with Crippen LogP contribution in [0.25, 0.3) is 5.76 Å². The standard InChI is InChI=1S/C22H23ClN2O8.C4H6O5/c1-21(32)7-6-8-15(25(2)3)17(28)13(20(24)31)19(30)22(8,33)18(29)11(7)16(27)12-10(26)5-4-9(23)14(12)21;5-2(4(8)9)1-3(6)7/h4-5,7-8,15,26-27,30,32-33H,6H2,1-3H3,(H2,24,31);2,5H,1H2,(H,6,7)(H,8,9)/t7-,8-,15-,21-,22-;/m0./s1. The molecule has 15 nitrogen and oxygen atoms in total. The van der Waals surface area contributed by atoms with Gasteiger partial charge in [-0.15, -0.1) is 0 Å². The molecule has 3 aliphatic rings. The first kappa shape index (κ1) is 32.5. The van der Waals surface area contributed by atoms with Gasteiger partial charge in [-0.2, -0.15) is 0 Å². The lowest BCUT2D eigenvalue weighted by Crippen LogP contribution is -2.67. The molecule has 1 unspecified atom stereocenters. The molecule has 6 atom stereocenters. The van der Waals surface area contributed by atoms with E-state index in [1.165, 1.54) is 38.1 Å². The van der Waals surface area contributed by atoms with Gasteiger partial charge < -0.3 is 46.6 Å². The van der Waals surface area contributed by atoms with Gasteiger partial charge in [0, 0.05) is 28.0 Å². The first-order chi connectivity index (χ1) is 19.2. The summed E-state index contributed by atoms with van der Waals surface area (Å²) < 4.78 is 0. The fourth-order valence-electron chi connectivity index (χ4n) is 5.83. The number of nitrogens with two attached hydrogens (primary N) is 1. The van der Waals surface area contributed by atoms with E-state index in [9.17, 15) is 49.5 Å². The van der Waals surface area contributed by atoms with Crippen molar-refractivity contribution in [3.05, 3.63) is 45.2 Å². The molecule has 1 amide bonds. The number of amides is 1. The van der Waals surface area contributed by atoms with E-state index in [0.717, 1.165) is 0 Å². The molecule has 0 radical (unpaired) electrons. The first-order valence-corrected chi connectivity index (χ1v) is 12.6. The number of ketones is 2. The molecule has 0 heterocycles. The van der Waals surface area contributed by atoms with Gasteiger partial charge in [0.15, 0.2) is 17.5 Å². The second kappa shape index (κ2) is 11.0. The summed E-state index contributed by atoms with van der Waals surface area (Å²) in [6.45, 7) is 1.34. The van der Waals surface area contributed by atoms with Crippen molar-refractivity contribution in [1.82, 2.24) is 4.90 Å². The number of primary amides is 1. The molecule has 0 aromatic heterocycles. The maximum atomic E-state index is 13.7. The Bertz CT molecular complexity index is 1460. The van der Waals surface area contributed by atoms with E-state index in [1.807, 2.05) is 0 Å². The quantitative estimate of drug-likeness (QED) is 0.184. The highest BCUT2D eigenvalue weighted by Crippen LogP contribution is 2.58. The molecule has 1 fully saturated rings. The van der Waals surface area contributed by atoms with Crippen LogP contribution in [0.4, 0.5) is 0 Å². The number of carbonyl (C=O) groups excluding carboxylic acids is 3. The van der Waals surface area contributed by atoms with Crippen LogP contribution in [0.1, 0.15) is 30.9 Å². The lowest BCUT2D eigenvalue weighted by Gasteiger charge is -2.53. The molecule has 10 N–H and O–H groups in total. The average molecular weight is 613 g/mol. The Labute approximate surface area is 242 Å². The minimum Gasteiger partial charge on any atom is -0.508 e. The van der Waals surface area contributed by atoms with Crippen LogP contribution in [-0.2, 0) is 29.6 Å². The van der Waals surface area contributed by atoms with Crippen molar-refractivity contribution in [2.24, 2.45) is 17.6 Å². The molecular formula is C26H29ClN2O13. The van der Waals surface area contributed by atoms with E-state index in [-0.39, 0.29) is 22.6 Å². The van der Waals surface area contributed by atoms with Gasteiger partial charge in [-0.05, 0) is 39.6 Å². The molecule has 4 rings (SSSR count). The van der Waals surface area contributed by atoms with Crippen molar-refractivity contribution < 1.29 is 64.8 Å². The number of phenolic OH excluding ortho intramolecular Hbond substituents is 1. The molecule has 228 valence electrons. The lowest BCUT2D eigenvalue weighted by atomic mass is 9.54. The fraction of sp³-hybridized carbons (Fsp3) is 0.423. The summed E-state index contributed by atoms with van der Waals surface area (Å²) in [4.78, 5) is 59.5. The molecule has 0 aliphatic heterocycles. The third-order valence-electron chi connectivity index (χ3n) is 7.72. The van der Waals surface area contributed by atoms with Crippen molar-refractivity contribution in [2.75, 3.05) is 14.1 Å². The van der Waals surface area contributed by atoms with Crippen LogP contribution in [0, 0.1) is 11.8 Å². The Morgan fingerprint density at radius 1 is 1.12 bits per heavy atom. The van der Waals surface area contributed by atoms with Crippen molar-refractivity contribution in [3.63, 3.8) is 0 Å². The maximum absolute atomic E-state index is 13.7. The number of carbonyl (C=O) groups is 5. The van der Waals surface area contributed by atoms with Crippen molar-refractivity contribution in [3.8, 4) is 5.75 Å². The van der Waals surface area contributed by atoms with Gasteiger partial charge in [0.25, 0.3) is 5.91 Å². The predicted molar refractivity (Wildman–Crippen MR) is 141 cm³/mol. The van der Waals surface area contributed by atoms with Crippen LogP contribution < -0.4 is 5.73 Å². The zero-order chi connectivity index (χ0) is 32.2. The fourth-order valence-corrected chi connectivity index (χ4v) is 6.18. The number of aromatic hydroxyl groups is 1. The minimum absolute atomic E-state index is 0.0187. The number of aliphatic carboxylic acids is 2. The van der Waals surface area contributed by atoms with Crippen LogP contribution in [0.2, 0.25) is 5.02 Å². The third-order valence-corrected chi connectivity index (χ3v) is 8.04. The smallest absolute Gasteiger partial charge is 0.333 e. The number of halogens is 1. The number of rotatable bonds is 5. The molecule has 3 aliphatic carbocycles. The Kier molecular flexibility index (Phi) is 8.51. The molecule has 1 aromatic rings. The van der Waals surface area contributed by atoms with E-state index in [4.69, 9.17) is 32.7 Å². The second-order valence-corrected chi connectivity index (χ2v) is 10.9. The number of phenols is 1. The van der Waals surface area contributed by atoms with Crippen LogP contribution in [-0.4, -0.2) is 107 Å². The number of aliphatic hydroxyl groups excluding tert-OH is 3. The van der Waals surface area contributed by atoms with Crippen LogP contribution >= 0.6 is 11.6 Å². The lowest BCUT2D eigenvalue weighted by molar-refractivity contribution is -0.159. The predicted octanol–water partition coefficient (Wildman–Crippen LogP) is -0.811. The summed E-state index contributed by atoms with van der Waals surface area (Å²) in [6.07, 6.45) is -2.80. The first-order valence-electron chi connectivity index (χ1n) is 12.2. The van der Waals surface area contributed by atoms with Crippen molar-refractivity contribution >= 4 is 46.8 Å². The number of hydrogen-bond donors (Lipinski definition) is 9. The Balaban J connectivity index is 0.000000467. The molecule has 0 spiro atoms. The summed E-state index contributed by atoms with van der Waals surface area (Å²) >= 11 is 6.28. The van der Waals surface area contributed by atoms with Crippen molar-refractivity contribution in [1.29, 1.82) is 0 Å². The van der Waals surface area contributed by atoms with Gasteiger partial charge in [0.1, 0.15) is 22.8 Å². The topological polar surface area (TPSA) is 276 Å². The number of aliphatic hydroxyl groups is 5. The third kappa shape index (κ3) is 4.88. The Morgan fingerprint density at radius 2 is 1.69 bits per heavy atom. The normalized spacial score (nSPS) is 29.2. The van der Waals surface area contributed by atoms with E-state index in [0.29, 0.717) is 0 Å². The van der Waals surface area contributed by atoms with Gasteiger partial charge in [-0.1, -0.05) is 11.6 Å². The number of carboxylic acid groups (broad SMARTS) is 2. The summed E-state index contributed by atoms with van der Waals surface area (Å²) in [5, 5.41) is 79.3. The number of fused-ring (bicyclic) bond motifs is 3. The van der Waals surface area contributed by atoms with Crippen LogP contribution in [0.5, 0.6) is 5.75 Å². The highest BCUT2D eigenvalue weighted by atomic mass is 35.5. The van der Waals surface area contributed by atoms with E-state index < -0.39 is 99.4 Å². The Morgan fingerprint density at radius 3 is 2.14 bits per heavy atom. The highest BCUT2D eigenvalue weighted by molar-refractivity contribution is 6.32. The molecule has 1 aromatic carbocycles. The summed E-state index contributed by atoms with van der Waals surface area (Å²) in [6, 6.07) is 1.24. The molecular weight excluding hydrogens is 584 g/mol. The molecule has 1 saturated carbocycles. The molecule has 0 bridgehead atoms. The van der Waals surface area contributed by atoms with Gasteiger partial charge in [0.05, 0.1) is 23.6 Å². The molecule has 16 heteroatoms. The van der Waals surface area contributed by atoms with Gasteiger partial charge in [0.2, 0.25) is 5.78 Å². The Hall–Kier alpha value is -4.02. The zero-order valence-electron chi connectivity index (χ0n) is 22.4. The number of likely N-dealkylation sites (N-methyl/N-ethyl adjacent to an activating group) is 1. The van der Waals surface area contributed by atoms with Gasteiger partial charge >= 0.3 is 11.9 Å². The minimum atomic E-state index is -2.78. The van der Waals surface area contributed by atoms with E-state index in [1.54, 1.807) is 0 Å². The summed E-state index contributed by atoms with van der Waals surface area (Å²) in [5.41, 5.74) is -1.10. The zero-order valence-corrected chi connectivity index (χ0v) is 23.2. The molecule has 0 saturated heterocycles. The summed E-state index contributed by atoms with van der Waals surface area (Å²) in [5.74, 6) is -11.1. The summed E-state index contributed by atoms with van der Waals surface area (Å²) in [7, 11) is 2.97. The van der Waals surface area contributed by atoms with E-state index >= 15 is 0 Å². The monoisotopic (exact) mass is 612 g/mol. The largest absolute Gasteiger partial charge is 0.508 e.